The van der Waals surface area contributed by atoms with Crippen LogP contribution in [0.5, 0.6) is 5.75 Å². The standard InChI is InChI=1S/C11H11NO3.2C2H6/c1-6(13)7-2-4-9(14)11-8(7)3-5-10(15)12-11;2*1-2/h2-6,13-14H,1H3,(H,12,15);2*1-2H3. The molecule has 2 rings (SSSR count). The van der Waals surface area contributed by atoms with Crippen molar-refractivity contribution in [2.45, 2.75) is 40.7 Å². The summed E-state index contributed by atoms with van der Waals surface area (Å²) in [6, 6.07) is 6.06. The Morgan fingerprint density at radius 2 is 1.63 bits per heavy atom. The number of nitrogens with one attached hydrogen (secondary N) is 1. The van der Waals surface area contributed by atoms with Crippen LogP contribution in [0, 0.1) is 0 Å². The molecule has 3 N–H and O–H groups in total. The molecular weight excluding hydrogens is 242 g/mol. The lowest BCUT2D eigenvalue weighted by atomic mass is 10.0. The van der Waals surface area contributed by atoms with Crippen molar-refractivity contribution in [1.82, 2.24) is 4.98 Å². The zero-order valence-corrected chi connectivity index (χ0v) is 12.2. The van der Waals surface area contributed by atoms with Gasteiger partial charge in [0, 0.05) is 11.5 Å². The van der Waals surface area contributed by atoms with Gasteiger partial charge in [-0.15, -0.1) is 0 Å². The predicted molar refractivity (Wildman–Crippen MR) is 79.6 cm³/mol. The average Bonchev–Trinajstić information content (AvgIpc) is 2.44. The van der Waals surface area contributed by atoms with E-state index in [1.54, 1.807) is 19.1 Å². The van der Waals surface area contributed by atoms with Crippen LogP contribution >= 0.6 is 0 Å². The molecule has 0 amide bonds. The number of aromatic hydroxyl groups is 1. The highest BCUT2D eigenvalue weighted by Gasteiger charge is 2.09. The molecule has 0 radical (unpaired) electrons. The van der Waals surface area contributed by atoms with Gasteiger partial charge in [0.2, 0.25) is 5.56 Å². The number of rotatable bonds is 1. The maximum Gasteiger partial charge on any atom is 0.248 e. The fourth-order valence-corrected chi connectivity index (χ4v) is 1.62. The van der Waals surface area contributed by atoms with Crippen molar-refractivity contribution in [3.8, 4) is 5.75 Å². The molecule has 0 bridgehead atoms. The number of aliphatic hydroxyl groups excluding tert-OH is 1. The number of aromatic amines is 1. The molecule has 1 unspecified atom stereocenters. The Balaban J connectivity index is 0.000000741. The molecule has 1 heterocycles. The average molecular weight is 265 g/mol. The molecule has 0 aliphatic heterocycles. The van der Waals surface area contributed by atoms with Gasteiger partial charge in [0.25, 0.3) is 0 Å². The van der Waals surface area contributed by atoms with Crippen molar-refractivity contribution in [2.75, 3.05) is 0 Å². The number of aromatic nitrogens is 1. The van der Waals surface area contributed by atoms with E-state index in [-0.39, 0.29) is 11.3 Å². The zero-order valence-electron chi connectivity index (χ0n) is 12.2. The Bertz CT molecular complexity index is 559. The number of aliphatic hydroxyl groups is 1. The first kappa shape index (κ1) is 17.2. The molecule has 106 valence electrons. The smallest absolute Gasteiger partial charge is 0.248 e. The van der Waals surface area contributed by atoms with Crippen LogP contribution in [0.1, 0.15) is 46.3 Å². The topological polar surface area (TPSA) is 73.3 Å². The van der Waals surface area contributed by atoms with Crippen molar-refractivity contribution in [1.29, 1.82) is 0 Å². The number of pyridine rings is 1. The fraction of sp³-hybridized carbons (Fsp3) is 0.400. The number of phenols is 1. The number of fused-ring (bicyclic) bond motifs is 1. The molecule has 4 heteroatoms. The molecular formula is C15H23NO3. The molecule has 0 saturated carbocycles. The van der Waals surface area contributed by atoms with Crippen LogP contribution in [-0.2, 0) is 0 Å². The molecule has 0 fully saturated rings. The van der Waals surface area contributed by atoms with Crippen molar-refractivity contribution >= 4 is 10.9 Å². The highest BCUT2D eigenvalue weighted by molar-refractivity contribution is 5.87. The summed E-state index contributed by atoms with van der Waals surface area (Å²) in [5, 5.41) is 19.7. The van der Waals surface area contributed by atoms with Crippen molar-refractivity contribution in [3.63, 3.8) is 0 Å². The third-order valence-corrected chi connectivity index (χ3v) is 2.36. The Kier molecular flexibility index (Phi) is 7.53. The van der Waals surface area contributed by atoms with E-state index in [9.17, 15) is 15.0 Å². The zero-order chi connectivity index (χ0) is 15.0. The summed E-state index contributed by atoms with van der Waals surface area (Å²) in [7, 11) is 0. The van der Waals surface area contributed by atoms with Gasteiger partial charge < -0.3 is 15.2 Å². The number of hydrogen-bond donors (Lipinski definition) is 3. The Morgan fingerprint density at radius 3 is 2.16 bits per heavy atom. The molecule has 0 saturated heterocycles. The van der Waals surface area contributed by atoms with Crippen LogP contribution in [0.2, 0.25) is 0 Å². The minimum atomic E-state index is -0.640. The largest absolute Gasteiger partial charge is 0.506 e. The minimum Gasteiger partial charge on any atom is -0.506 e. The van der Waals surface area contributed by atoms with E-state index in [2.05, 4.69) is 4.98 Å². The molecule has 0 aliphatic rings. The van der Waals surface area contributed by atoms with Crippen LogP contribution in [0.4, 0.5) is 0 Å². The van der Waals surface area contributed by atoms with E-state index >= 15 is 0 Å². The van der Waals surface area contributed by atoms with E-state index in [0.717, 1.165) is 0 Å². The summed E-state index contributed by atoms with van der Waals surface area (Å²) in [5.74, 6) is 0.00657. The maximum atomic E-state index is 11.1. The minimum absolute atomic E-state index is 0.00657. The molecule has 1 aromatic heterocycles. The highest BCUT2D eigenvalue weighted by atomic mass is 16.3. The summed E-state index contributed by atoms with van der Waals surface area (Å²) in [6.45, 7) is 9.64. The number of phenolic OH excluding ortho intramolecular Hbond substituents is 1. The number of hydrogen-bond acceptors (Lipinski definition) is 3. The van der Waals surface area contributed by atoms with E-state index < -0.39 is 6.10 Å². The van der Waals surface area contributed by atoms with E-state index in [1.165, 1.54) is 12.1 Å². The van der Waals surface area contributed by atoms with E-state index in [4.69, 9.17) is 0 Å². The van der Waals surface area contributed by atoms with Gasteiger partial charge in [-0.3, -0.25) is 4.79 Å². The van der Waals surface area contributed by atoms with Crippen molar-refractivity contribution < 1.29 is 10.2 Å². The van der Waals surface area contributed by atoms with Crippen LogP contribution in [-0.4, -0.2) is 15.2 Å². The van der Waals surface area contributed by atoms with Crippen LogP contribution in [0.15, 0.2) is 29.1 Å². The monoisotopic (exact) mass is 265 g/mol. The molecule has 0 aliphatic carbocycles. The summed E-state index contributed by atoms with van der Waals surface area (Å²) in [4.78, 5) is 13.6. The second-order valence-electron chi connectivity index (χ2n) is 3.46. The van der Waals surface area contributed by atoms with Gasteiger partial charge in [-0.25, -0.2) is 0 Å². The van der Waals surface area contributed by atoms with Crippen molar-refractivity contribution in [3.05, 3.63) is 40.2 Å². The highest BCUT2D eigenvalue weighted by Crippen LogP contribution is 2.28. The second-order valence-corrected chi connectivity index (χ2v) is 3.46. The van der Waals surface area contributed by atoms with E-state index in [1.807, 2.05) is 27.7 Å². The first-order valence-electron chi connectivity index (χ1n) is 6.62. The SMILES string of the molecule is CC.CC.CC(O)c1ccc(O)c2[nH]c(=O)ccc12. The fourth-order valence-electron chi connectivity index (χ4n) is 1.62. The lowest BCUT2D eigenvalue weighted by Gasteiger charge is -2.09. The normalized spacial score (nSPS) is 10.8. The van der Waals surface area contributed by atoms with Crippen LogP contribution in [0.3, 0.4) is 0 Å². The van der Waals surface area contributed by atoms with Gasteiger partial charge in [0.1, 0.15) is 5.75 Å². The molecule has 19 heavy (non-hydrogen) atoms. The second kappa shape index (κ2) is 8.32. The summed E-state index contributed by atoms with van der Waals surface area (Å²) < 4.78 is 0. The Hall–Kier alpha value is -1.81. The van der Waals surface area contributed by atoms with Gasteiger partial charge in [-0.05, 0) is 24.6 Å². The lowest BCUT2D eigenvalue weighted by molar-refractivity contribution is 0.201. The first-order valence-corrected chi connectivity index (χ1v) is 6.62. The lowest BCUT2D eigenvalue weighted by Crippen LogP contribution is -2.04. The third kappa shape index (κ3) is 4.10. The van der Waals surface area contributed by atoms with Crippen molar-refractivity contribution in [2.24, 2.45) is 0 Å². The van der Waals surface area contributed by atoms with Gasteiger partial charge in [0.05, 0.1) is 11.6 Å². The quantitative estimate of drug-likeness (QED) is 0.740. The summed E-state index contributed by atoms with van der Waals surface area (Å²) in [5.41, 5.74) is 0.764. The predicted octanol–water partition coefficient (Wildman–Crippen LogP) is 3.34. The first-order chi connectivity index (χ1) is 9.09. The molecule has 4 nitrogen and oxygen atoms in total. The Morgan fingerprint density at radius 1 is 1.05 bits per heavy atom. The molecule has 0 spiro atoms. The number of benzene rings is 1. The van der Waals surface area contributed by atoms with Gasteiger partial charge in [-0.2, -0.15) is 0 Å². The van der Waals surface area contributed by atoms with Crippen LogP contribution < -0.4 is 5.56 Å². The maximum absolute atomic E-state index is 11.1. The van der Waals surface area contributed by atoms with Crippen LogP contribution in [0.25, 0.3) is 10.9 Å². The molecule has 2 aromatic rings. The summed E-state index contributed by atoms with van der Waals surface area (Å²) >= 11 is 0. The van der Waals surface area contributed by atoms with Gasteiger partial charge in [-0.1, -0.05) is 33.8 Å². The Labute approximate surface area is 113 Å². The molecule has 1 atom stereocenters. The van der Waals surface area contributed by atoms with Gasteiger partial charge >= 0.3 is 0 Å². The third-order valence-electron chi connectivity index (χ3n) is 2.36. The number of H-pyrrole nitrogens is 1. The molecule has 1 aromatic carbocycles. The summed E-state index contributed by atoms with van der Waals surface area (Å²) in [6.07, 6.45) is -0.640. The van der Waals surface area contributed by atoms with Gasteiger partial charge in [0.15, 0.2) is 0 Å². The van der Waals surface area contributed by atoms with E-state index in [0.29, 0.717) is 16.5 Å².